The zero-order valence-corrected chi connectivity index (χ0v) is 44.4. The number of fused-ring (bicyclic) bond motifs is 2. The van der Waals surface area contributed by atoms with Crippen molar-refractivity contribution in [2.45, 2.75) is 90.3 Å². The van der Waals surface area contributed by atoms with E-state index in [9.17, 15) is 79.7 Å². The van der Waals surface area contributed by atoms with Gasteiger partial charge < -0.3 is 29.3 Å². The molecule has 5 aromatic rings. The highest BCUT2D eigenvalue weighted by atomic mass is 35.5. The number of carboxylic acid groups (broad SMARTS) is 2. The first kappa shape index (κ1) is 62.6. The molecule has 0 aromatic heterocycles. The molecule has 5 aromatic carbocycles. The van der Waals surface area contributed by atoms with E-state index >= 15 is 0 Å². The fourth-order valence-electron chi connectivity index (χ4n) is 8.61. The molecular weight excluding hydrogens is 1110 g/mol. The van der Waals surface area contributed by atoms with Gasteiger partial charge in [0.05, 0.1) is 11.8 Å². The molecule has 0 amide bonds. The maximum absolute atomic E-state index is 14.4. The lowest BCUT2D eigenvalue weighted by Crippen LogP contribution is -2.28. The van der Waals surface area contributed by atoms with Crippen LogP contribution in [0.3, 0.4) is 0 Å². The van der Waals surface area contributed by atoms with E-state index in [0.29, 0.717) is 38.4 Å². The normalized spacial score (nSPS) is 15.4. The van der Waals surface area contributed by atoms with Gasteiger partial charge in [0.15, 0.2) is 11.6 Å². The molecule has 0 heterocycles. The van der Waals surface area contributed by atoms with E-state index in [1.807, 2.05) is 0 Å². The number of benzene rings is 5. The Bertz CT molecular complexity index is 2960. The number of carbonyl (C=O) groups is 9. The topological polar surface area (TPSA) is 213 Å². The van der Waals surface area contributed by atoms with Crippen molar-refractivity contribution in [3.05, 3.63) is 174 Å². The molecule has 2 N–H and O–H groups in total. The summed E-state index contributed by atoms with van der Waals surface area (Å²) in [6.07, 6.45) is 0.510. The van der Waals surface area contributed by atoms with Crippen LogP contribution in [0.2, 0.25) is 15.1 Å². The maximum atomic E-state index is 14.4. The monoisotopic (exact) mass is 1160 g/mol. The van der Waals surface area contributed by atoms with Crippen molar-refractivity contribution in [2.75, 3.05) is 0 Å². The number of carbonyl (C=O) groups excluding carboxylic acids is 7. The fraction of sp³-hybridized carbons (Fsp3) is 0.316. The average Bonchev–Trinajstić information content (AvgIpc) is 3.94. The standard InChI is InChI=1S/2C24H21ClF2O6.C9H7ClF2O/c2*1-13(28)2-8-19(22(30)31)20-11-15-10-14(3-9-18(15)21(20)29)12-33-23(32)24(26,27)16-4-6-17(25)7-5-16;1-6(13)9(11,12)7-2-4-8(10)5-3-7/h2*3-7,9-10,19-20H,2,8,11-12H2,1H3,(H,30,31);2-5H,1H3. The predicted octanol–water partition coefficient (Wildman–Crippen LogP) is 12.2. The zero-order chi connectivity index (χ0) is 58.7. The molecule has 79 heavy (non-hydrogen) atoms. The van der Waals surface area contributed by atoms with Gasteiger partial charge in [0.2, 0.25) is 5.78 Å². The molecule has 2 aliphatic rings. The predicted molar refractivity (Wildman–Crippen MR) is 274 cm³/mol. The summed E-state index contributed by atoms with van der Waals surface area (Å²) in [6.45, 7) is 2.68. The first-order valence-electron chi connectivity index (χ1n) is 24.0. The van der Waals surface area contributed by atoms with Crippen LogP contribution < -0.4 is 0 Å². The highest BCUT2D eigenvalue weighted by Crippen LogP contribution is 2.38. The summed E-state index contributed by atoms with van der Waals surface area (Å²) < 4.78 is 93.1. The summed E-state index contributed by atoms with van der Waals surface area (Å²) in [5, 5.41) is 19.9. The van der Waals surface area contributed by atoms with E-state index in [-0.39, 0.29) is 77.3 Å². The summed E-state index contributed by atoms with van der Waals surface area (Å²) >= 11 is 16.9. The van der Waals surface area contributed by atoms with E-state index in [0.717, 1.165) is 43.3 Å². The SMILES string of the molecule is CC(=O)C(F)(F)c1ccc(Cl)cc1.CC(=O)CCC(C(=O)O)C1Cc2cc(COC(=O)C(F)(F)c3ccc(Cl)cc3)ccc2C1=O.CC(=O)CCC(C(=O)O)C1Cc2cc(COC(=O)C(F)(F)c3ccc(Cl)cc3)ccc2C1=O. The molecule has 0 bridgehead atoms. The van der Waals surface area contributed by atoms with E-state index in [2.05, 4.69) is 0 Å². The fourth-order valence-corrected chi connectivity index (χ4v) is 8.99. The number of halogens is 9. The number of alkyl halides is 6. The largest absolute Gasteiger partial charge is 0.481 e. The second-order valence-electron chi connectivity index (χ2n) is 18.7. The highest BCUT2D eigenvalue weighted by molar-refractivity contribution is 6.31. The van der Waals surface area contributed by atoms with Crippen LogP contribution >= 0.6 is 34.8 Å². The number of hydrogen-bond acceptors (Lipinski definition) is 11. The van der Waals surface area contributed by atoms with Crippen LogP contribution in [0.5, 0.6) is 0 Å². The van der Waals surface area contributed by atoms with Crippen LogP contribution in [0, 0.1) is 23.7 Å². The molecule has 2 aliphatic carbocycles. The molecule has 418 valence electrons. The number of carboxylic acids is 2. The van der Waals surface area contributed by atoms with Crippen LogP contribution in [0.4, 0.5) is 26.3 Å². The van der Waals surface area contributed by atoms with Crippen LogP contribution in [-0.2, 0) is 86.9 Å². The Morgan fingerprint density at radius 1 is 0.506 bits per heavy atom. The van der Waals surface area contributed by atoms with Crippen molar-refractivity contribution in [1.29, 1.82) is 0 Å². The van der Waals surface area contributed by atoms with Crippen LogP contribution in [0.25, 0.3) is 0 Å². The molecule has 0 saturated carbocycles. The molecule has 13 nitrogen and oxygen atoms in total. The van der Waals surface area contributed by atoms with Gasteiger partial charge in [0, 0.05) is 74.5 Å². The van der Waals surface area contributed by atoms with Gasteiger partial charge in [-0.25, -0.2) is 9.59 Å². The first-order valence-corrected chi connectivity index (χ1v) is 25.1. The van der Waals surface area contributed by atoms with Gasteiger partial charge >= 0.3 is 41.6 Å². The highest BCUT2D eigenvalue weighted by Gasteiger charge is 2.45. The molecule has 7 rings (SSSR count). The minimum atomic E-state index is -3.87. The van der Waals surface area contributed by atoms with Crippen molar-refractivity contribution >= 4 is 87.6 Å². The molecule has 0 aliphatic heterocycles. The molecule has 4 atom stereocenters. The third-order valence-corrected chi connectivity index (χ3v) is 13.7. The lowest BCUT2D eigenvalue weighted by Gasteiger charge is -2.17. The molecular formula is C57H49Cl3F6O13. The number of aliphatic carboxylic acids is 2. The molecule has 0 fully saturated rings. The van der Waals surface area contributed by atoms with Gasteiger partial charge in [0.25, 0.3) is 0 Å². The van der Waals surface area contributed by atoms with Crippen molar-refractivity contribution in [2.24, 2.45) is 23.7 Å². The molecule has 4 unspecified atom stereocenters. The number of ketones is 5. The molecule has 22 heteroatoms. The second kappa shape index (κ2) is 26.6. The quantitative estimate of drug-likeness (QED) is 0.0549. The Morgan fingerprint density at radius 3 is 1.09 bits per heavy atom. The summed E-state index contributed by atoms with van der Waals surface area (Å²) in [5.41, 5.74) is 1.13. The van der Waals surface area contributed by atoms with Gasteiger partial charge in [-0.1, -0.05) is 108 Å². The summed E-state index contributed by atoms with van der Waals surface area (Å²) in [6, 6.07) is 23.0. The van der Waals surface area contributed by atoms with Crippen LogP contribution in [-0.4, -0.2) is 63.0 Å². The van der Waals surface area contributed by atoms with E-state index < -0.39 is 95.4 Å². The number of hydrogen-bond donors (Lipinski definition) is 2. The number of esters is 2. The number of Topliss-reactive ketones (excluding diaryl/α,β-unsaturated/α-hetero) is 5. The Kier molecular flexibility index (Phi) is 21.1. The smallest absolute Gasteiger partial charge is 0.382 e. The van der Waals surface area contributed by atoms with Gasteiger partial charge in [-0.15, -0.1) is 0 Å². The van der Waals surface area contributed by atoms with E-state index in [1.165, 1.54) is 74.5 Å². The van der Waals surface area contributed by atoms with Crippen LogP contribution in [0.1, 0.15) is 106 Å². The van der Waals surface area contributed by atoms with Crippen LogP contribution in [0.15, 0.2) is 109 Å². The van der Waals surface area contributed by atoms with E-state index in [1.54, 1.807) is 12.1 Å². The van der Waals surface area contributed by atoms with Crippen molar-refractivity contribution < 1.29 is 89.2 Å². The summed E-state index contributed by atoms with van der Waals surface area (Å²) in [4.78, 5) is 106. The maximum Gasteiger partial charge on any atom is 0.382 e. The van der Waals surface area contributed by atoms with Crippen molar-refractivity contribution in [3.63, 3.8) is 0 Å². The average molecular weight is 1160 g/mol. The first-order chi connectivity index (χ1) is 36.9. The summed E-state index contributed by atoms with van der Waals surface area (Å²) in [5.74, 6) is -22.7. The Morgan fingerprint density at radius 2 is 0.810 bits per heavy atom. The third-order valence-electron chi connectivity index (χ3n) is 13.0. The van der Waals surface area contributed by atoms with E-state index in [4.69, 9.17) is 44.3 Å². The number of ether oxygens (including phenoxy) is 2. The minimum absolute atomic E-state index is 0.0549. The van der Waals surface area contributed by atoms with Crippen molar-refractivity contribution in [3.8, 4) is 0 Å². The molecule has 0 spiro atoms. The Labute approximate surface area is 463 Å². The lowest BCUT2D eigenvalue weighted by atomic mass is 9.85. The third kappa shape index (κ3) is 16.0. The molecule has 0 radical (unpaired) electrons. The second-order valence-corrected chi connectivity index (χ2v) is 20.0. The number of rotatable bonds is 20. The molecule has 0 saturated heterocycles. The van der Waals surface area contributed by atoms with Gasteiger partial charge in [-0.2, -0.15) is 26.3 Å². The summed E-state index contributed by atoms with van der Waals surface area (Å²) in [7, 11) is 0. The van der Waals surface area contributed by atoms with Gasteiger partial charge in [0.1, 0.15) is 24.8 Å². The van der Waals surface area contributed by atoms with Gasteiger partial charge in [-0.3, -0.25) is 24.0 Å². The lowest BCUT2D eigenvalue weighted by molar-refractivity contribution is -0.175. The van der Waals surface area contributed by atoms with Gasteiger partial charge in [-0.05, 0) is 98.2 Å². The zero-order valence-electron chi connectivity index (χ0n) is 42.1. The Balaban J connectivity index is 0.000000238. The minimum Gasteiger partial charge on any atom is -0.481 e. The Hall–Kier alpha value is -7.22. The van der Waals surface area contributed by atoms with Crippen molar-refractivity contribution in [1.82, 2.24) is 0 Å².